The number of carbonyl (C=O) groups excluding carboxylic acids is 1. The van der Waals surface area contributed by atoms with E-state index in [0.29, 0.717) is 29.7 Å². The highest BCUT2D eigenvalue weighted by Crippen LogP contribution is 2.25. The van der Waals surface area contributed by atoms with Crippen molar-refractivity contribution in [2.24, 2.45) is 7.05 Å². The summed E-state index contributed by atoms with van der Waals surface area (Å²) >= 11 is 0. The maximum Gasteiger partial charge on any atom is 0.255 e. The van der Waals surface area contributed by atoms with Crippen LogP contribution in [0.1, 0.15) is 22.3 Å². The predicted octanol–water partition coefficient (Wildman–Crippen LogP) is 2.50. The van der Waals surface area contributed by atoms with E-state index in [2.05, 4.69) is 15.4 Å². The van der Waals surface area contributed by atoms with Gasteiger partial charge in [-0.05, 0) is 30.2 Å². The average molecular weight is 449 g/mol. The third-order valence-corrected chi connectivity index (χ3v) is 5.95. The summed E-state index contributed by atoms with van der Waals surface area (Å²) in [6.07, 6.45) is 6.64. The number of aromatic nitrogens is 4. The summed E-state index contributed by atoms with van der Waals surface area (Å²) in [6, 6.07) is 8.24. The van der Waals surface area contributed by atoms with Crippen LogP contribution in [0.25, 0.3) is 22.2 Å². The number of ether oxygens (including phenoxy) is 1. The van der Waals surface area contributed by atoms with Crippen molar-refractivity contribution in [1.82, 2.24) is 24.6 Å². The number of aliphatic hydroxyl groups excluding tert-OH is 1. The molecule has 1 aromatic carbocycles. The molecule has 1 fully saturated rings. The highest BCUT2D eigenvalue weighted by Gasteiger charge is 2.27. The van der Waals surface area contributed by atoms with Crippen LogP contribution in [-0.2, 0) is 18.3 Å². The molecule has 1 amide bonds. The van der Waals surface area contributed by atoms with Gasteiger partial charge in [0.25, 0.3) is 5.91 Å². The molecule has 4 aromatic rings. The predicted molar refractivity (Wildman–Crippen MR) is 120 cm³/mol. The van der Waals surface area contributed by atoms with E-state index >= 15 is 0 Å². The molecule has 4 heterocycles. The molecule has 2 N–H and O–H groups in total. The van der Waals surface area contributed by atoms with E-state index < -0.39 is 12.1 Å². The number of aliphatic hydroxyl groups is 1. The third kappa shape index (κ3) is 4.24. The first-order chi connectivity index (χ1) is 16.0. The third-order valence-electron chi connectivity index (χ3n) is 5.95. The zero-order chi connectivity index (χ0) is 22.9. The molecule has 9 heteroatoms. The molecule has 0 bridgehead atoms. The SMILES string of the molecule is Cn1cc(-c2ccc(Cn3cc(C(=O)N[C@H]4COCC[C@@H]4O)c4ncccc43)c(F)c2)cn1. The number of aryl methyl sites for hydroxylation is 1. The molecule has 0 saturated carbocycles. The van der Waals surface area contributed by atoms with E-state index in [0.717, 1.165) is 16.6 Å². The Morgan fingerprint density at radius 3 is 2.94 bits per heavy atom. The quantitative estimate of drug-likeness (QED) is 0.488. The van der Waals surface area contributed by atoms with Gasteiger partial charge < -0.3 is 19.7 Å². The van der Waals surface area contributed by atoms with Crippen LogP contribution in [-0.4, -0.2) is 55.7 Å². The fraction of sp³-hybridized carbons (Fsp3) is 0.292. The average Bonchev–Trinajstić information content (AvgIpc) is 3.41. The van der Waals surface area contributed by atoms with Crippen molar-refractivity contribution in [3.8, 4) is 11.1 Å². The molecule has 1 saturated heterocycles. The molecule has 1 aliphatic heterocycles. The summed E-state index contributed by atoms with van der Waals surface area (Å²) in [5.74, 6) is -0.685. The van der Waals surface area contributed by atoms with E-state index in [4.69, 9.17) is 4.74 Å². The van der Waals surface area contributed by atoms with Gasteiger partial charge in [0.1, 0.15) is 11.3 Å². The van der Waals surface area contributed by atoms with Gasteiger partial charge in [-0.25, -0.2) is 4.39 Å². The Balaban J connectivity index is 1.43. The lowest BCUT2D eigenvalue weighted by Crippen LogP contribution is -2.49. The number of halogens is 1. The lowest BCUT2D eigenvalue weighted by molar-refractivity contribution is -0.0139. The molecular weight excluding hydrogens is 425 g/mol. The van der Waals surface area contributed by atoms with Gasteiger partial charge in [0, 0.05) is 43.4 Å². The minimum absolute atomic E-state index is 0.240. The fourth-order valence-electron chi connectivity index (χ4n) is 4.14. The second-order valence-corrected chi connectivity index (χ2v) is 8.26. The molecule has 8 nitrogen and oxygen atoms in total. The van der Waals surface area contributed by atoms with E-state index in [1.165, 1.54) is 6.07 Å². The fourth-order valence-corrected chi connectivity index (χ4v) is 4.14. The number of fused-ring (bicyclic) bond motifs is 1. The van der Waals surface area contributed by atoms with Gasteiger partial charge in [-0.15, -0.1) is 0 Å². The van der Waals surface area contributed by atoms with Crippen molar-refractivity contribution in [2.45, 2.75) is 25.1 Å². The Morgan fingerprint density at radius 1 is 1.30 bits per heavy atom. The van der Waals surface area contributed by atoms with Crippen molar-refractivity contribution < 1.29 is 19.0 Å². The first-order valence-corrected chi connectivity index (χ1v) is 10.8. The highest BCUT2D eigenvalue weighted by atomic mass is 19.1. The normalized spacial score (nSPS) is 18.5. The summed E-state index contributed by atoms with van der Waals surface area (Å²) in [4.78, 5) is 17.4. The van der Waals surface area contributed by atoms with Crippen LogP contribution >= 0.6 is 0 Å². The Hall–Kier alpha value is -3.56. The van der Waals surface area contributed by atoms with Crippen molar-refractivity contribution in [1.29, 1.82) is 0 Å². The first kappa shape index (κ1) is 21.3. The standard InChI is InChI=1S/C24H24FN5O3/c1-29-11-17(10-27-29)15-4-5-16(19(25)9-15)12-30-13-18(23-21(30)3-2-7-26-23)24(32)28-20-14-33-8-6-22(20)31/h2-5,7,9-11,13,20,22,31H,6,8,12,14H2,1H3,(H,28,32)/t20-,22-/m0/s1. The van der Waals surface area contributed by atoms with Gasteiger partial charge in [-0.1, -0.05) is 12.1 Å². The molecule has 3 aromatic heterocycles. The van der Waals surface area contributed by atoms with E-state index in [-0.39, 0.29) is 24.9 Å². The summed E-state index contributed by atoms with van der Waals surface area (Å²) in [6.45, 7) is 0.969. The van der Waals surface area contributed by atoms with Crippen LogP contribution < -0.4 is 5.32 Å². The van der Waals surface area contributed by atoms with Crippen LogP contribution in [0.2, 0.25) is 0 Å². The minimum atomic E-state index is -0.656. The van der Waals surface area contributed by atoms with Crippen molar-refractivity contribution in [2.75, 3.05) is 13.2 Å². The topological polar surface area (TPSA) is 94.2 Å². The molecule has 1 aliphatic rings. The van der Waals surface area contributed by atoms with Gasteiger partial charge in [0.05, 0.1) is 42.6 Å². The highest BCUT2D eigenvalue weighted by molar-refractivity contribution is 6.05. The zero-order valence-electron chi connectivity index (χ0n) is 18.1. The van der Waals surface area contributed by atoms with E-state index in [1.54, 1.807) is 35.4 Å². The smallest absolute Gasteiger partial charge is 0.255 e. The number of hydrogen-bond acceptors (Lipinski definition) is 5. The number of nitrogens with one attached hydrogen (secondary N) is 1. The van der Waals surface area contributed by atoms with Crippen LogP contribution in [0.3, 0.4) is 0 Å². The van der Waals surface area contributed by atoms with Gasteiger partial charge in [-0.2, -0.15) is 5.10 Å². The second kappa shape index (κ2) is 8.76. The van der Waals surface area contributed by atoms with Crippen molar-refractivity contribution in [3.63, 3.8) is 0 Å². The Morgan fingerprint density at radius 2 is 2.18 bits per heavy atom. The van der Waals surface area contributed by atoms with Crippen molar-refractivity contribution >= 4 is 16.9 Å². The Bertz CT molecular complexity index is 1310. The van der Waals surface area contributed by atoms with Crippen molar-refractivity contribution in [3.05, 3.63) is 72.1 Å². The molecule has 33 heavy (non-hydrogen) atoms. The number of carbonyl (C=O) groups is 1. The maximum absolute atomic E-state index is 15.0. The molecule has 5 rings (SSSR count). The molecular formula is C24H24FN5O3. The molecule has 0 unspecified atom stereocenters. The van der Waals surface area contributed by atoms with Crippen LogP contribution in [0.5, 0.6) is 0 Å². The van der Waals surface area contributed by atoms with Gasteiger partial charge >= 0.3 is 0 Å². The molecule has 0 aliphatic carbocycles. The van der Waals surface area contributed by atoms with Gasteiger partial charge in [-0.3, -0.25) is 14.5 Å². The van der Waals surface area contributed by atoms with Crippen LogP contribution in [0, 0.1) is 5.82 Å². The largest absolute Gasteiger partial charge is 0.391 e. The lowest BCUT2D eigenvalue weighted by atomic mass is 10.1. The molecule has 0 spiro atoms. The number of pyridine rings is 1. The second-order valence-electron chi connectivity index (χ2n) is 8.26. The summed E-state index contributed by atoms with van der Waals surface area (Å²) in [5.41, 5.74) is 3.69. The van der Waals surface area contributed by atoms with Crippen LogP contribution in [0.4, 0.5) is 4.39 Å². The number of amides is 1. The van der Waals surface area contributed by atoms with Gasteiger partial charge in [0.2, 0.25) is 0 Å². The zero-order valence-corrected chi connectivity index (χ0v) is 18.1. The molecule has 170 valence electrons. The summed E-state index contributed by atoms with van der Waals surface area (Å²) < 4.78 is 23.8. The first-order valence-electron chi connectivity index (χ1n) is 10.8. The lowest BCUT2D eigenvalue weighted by Gasteiger charge is -2.28. The maximum atomic E-state index is 15.0. The number of nitrogens with zero attached hydrogens (tertiary/aromatic N) is 4. The van der Waals surface area contributed by atoms with Gasteiger partial charge in [0.15, 0.2) is 0 Å². The molecule has 0 radical (unpaired) electrons. The Labute approximate surface area is 189 Å². The summed E-state index contributed by atoms with van der Waals surface area (Å²) in [7, 11) is 1.81. The monoisotopic (exact) mass is 449 g/mol. The minimum Gasteiger partial charge on any atom is -0.391 e. The number of rotatable bonds is 5. The number of hydrogen-bond donors (Lipinski definition) is 2. The molecule has 2 atom stereocenters. The number of benzene rings is 1. The summed E-state index contributed by atoms with van der Waals surface area (Å²) in [5, 5.41) is 17.1. The van der Waals surface area contributed by atoms with E-state index in [9.17, 15) is 14.3 Å². The van der Waals surface area contributed by atoms with E-state index in [1.807, 2.05) is 29.9 Å². The Kier molecular flexibility index (Phi) is 5.65. The van der Waals surface area contributed by atoms with Crippen LogP contribution in [0.15, 0.2) is 55.1 Å².